The Morgan fingerprint density at radius 2 is 0.942 bits per heavy atom. The molecule has 0 unspecified atom stereocenters. The molecule has 3 heterocycles. The number of benzene rings is 7. The molecule has 0 saturated carbocycles. The molecule has 240 valence electrons. The maximum absolute atomic E-state index is 5.15. The van der Waals surface area contributed by atoms with E-state index < -0.39 is 0 Å². The lowest BCUT2D eigenvalue weighted by Gasteiger charge is -2.20. The van der Waals surface area contributed by atoms with Crippen LogP contribution < -0.4 is 0 Å². The highest BCUT2D eigenvalue weighted by Crippen LogP contribution is 2.58. The van der Waals surface area contributed by atoms with Gasteiger partial charge in [0.05, 0.1) is 22.4 Å². The van der Waals surface area contributed by atoms with Crippen molar-refractivity contribution in [3.8, 4) is 67.0 Å². The normalized spacial score (nSPS) is 11.8. The first-order valence-electron chi connectivity index (χ1n) is 17.7. The molecule has 0 atom stereocenters. The van der Waals surface area contributed by atoms with Gasteiger partial charge >= 0.3 is 0 Å². The van der Waals surface area contributed by atoms with E-state index in [1.54, 1.807) is 0 Å². The molecule has 1 aliphatic carbocycles. The van der Waals surface area contributed by atoms with Crippen LogP contribution in [0.25, 0.3) is 110 Å². The van der Waals surface area contributed by atoms with Crippen LogP contribution in [-0.2, 0) is 0 Å². The Labute approximate surface area is 300 Å². The topological polar surface area (TPSA) is 38.7 Å². The van der Waals surface area contributed by atoms with Crippen molar-refractivity contribution in [2.45, 2.75) is 0 Å². The number of pyridine rings is 3. The highest BCUT2D eigenvalue weighted by molar-refractivity contribution is 6.28. The smallest absolute Gasteiger partial charge is 0.0972 e. The third kappa shape index (κ3) is 4.23. The van der Waals surface area contributed by atoms with Crippen LogP contribution in [0.4, 0.5) is 0 Å². The zero-order valence-corrected chi connectivity index (χ0v) is 28.1. The molecule has 3 aromatic heterocycles. The molecule has 0 saturated heterocycles. The van der Waals surface area contributed by atoms with E-state index in [0.717, 1.165) is 44.3 Å². The molecular weight excluding hydrogens is 631 g/mol. The number of fused-ring (bicyclic) bond motifs is 7. The standard InChI is InChI=1S/C49H29N3/c1-3-11-30(12-4-1)43-37-16-7-8-17-38(37)44(31-13-5-2-6-14-31)47-40-24-23-35(36-18-9-19-39(45(36)40)46(43)47)42-29-34(26-28-50-42)41-25-22-33-21-20-32-15-10-27-51-48(32)49(33)52-41/h1-29H. The molecule has 0 bridgehead atoms. The van der Waals surface area contributed by atoms with Gasteiger partial charge < -0.3 is 0 Å². The maximum Gasteiger partial charge on any atom is 0.0972 e. The van der Waals surface area contributed by atoms with Gasteiger partial charge in [0.1, 0.15) is 0 Å². The van der Waals surface area contributed by atoms with Gasteiger partial charge in [0.2, 0.25) is 0 Å². The first-order chi connectivity index (χ1) is 25.8. The van der Waals surface area contributed by atoms with Crippen LogP contribution in [-0.4, -0.2) is 15.0 Å². The predicted molar refractivity (Wildman–Crippen MR) is 216 cm³/mol. The van der Waals surface area contributed by atoms with E-state index in [0.29, 0.717) is 0 Å². The minimum absolute atomic E-state index is 0.902. The van der Waals surface area contributed by atoms with Crippen molar-refractivity contribution in [1.29, 1.82) is 0 Å². The summed E-state index contributed by atoms with van der Waals surface area (Å²) in [5, 5.41) is 7.15. The monoisotopic (exact) mass is 659 g/mol. The third-order valence-electron chi connectivity index (χ3n) is 10.7. The summed E-state index contributed by atoms with van der Waals surface area (Å²) < 4.78 is 0. The van der Waals surface area contributed by atoms with Gasteiger partial charge in [0, 0.05) is 34.3 Å². The Morgan fingerprint density at radius 3 is 1.67 bits per heavy atom. The van der Waals surface area contributed by atoms with Gasteiger partial charge in [-0.25, -0.2) is 4.98 Å². The molecule has 0 amide bonds. The van der Waals surface area contributed by atoms with E-state index in [1.807, 2.05) is 18.5 Å². The highest BCUT2D eigenvalue weighted by Gasteiger charge is 2.31. The van der Waals surface area contributed by atoms with Crippen molar-refractivity contribution in [2.75, 3.05) is 0 Å². The Hall–Kier alpha value is -6.97. The van der Waals surface area contributed by atoms with Crippen LogP contribution in [0.15, 0.2) is 176 Å². The molecule has 3 nitrogen and oxygen atoms in total. The van der Waals surface area contributed by atoms with Crippen LogP contribution in [0.1, 0.15) is 0 Å². The fourth-order valence-electron chi connectivity index (χ4n) is 8.45. The summed E-state index contributed by atoms with van der Waals surface area (Å²) in [6, 6.07) is 58.8. The first kappa shape index (κ1) is 28.8. The van der Waals surface area contributed by atoms with Crippen molar-refractivity contribution in [2.24, 2.45) is 0 Å². The van der Waals surface area contributed by atoms with Crippen molar-refractivity contribution in [3.05, 3.63) is 176 Å². The van der Waals surface area contributed by atoms with E-state index in [4.69, 9.17) is 9.97 Å². The molecular formula is C49H29N3. The lowest BCUT2D eigenvalue weighted by atomic mass is 9.82. The van der Waals surface area contributed by atoms with E-state index in [-0.39, 0.29) is 0 Å². The number of aromatic nitrogens is 3. The Bertz CT molecular complexity index is 2970. The summed E-state index contributed by atoms with van der Waals surface area (Å²) in [6.45, 7) is 0. The van der Waals surface area contributed by atoms with E-state index >= 15 is 0 Å². The maximum atomic E-state index is 5.15. The van der Waals surface area contributed by atoms with E-state index in [9.17, 15) is 0 Å². The molecule has 0 spiro atoms. The quantitative estimate of drug-likeness (QED) is 0.177. The van der Waals surface area contributed by atoms with E-state index in [2.05, 4.69) is 163 Å². The largest absolute Gasteiger partial charge is 0.256 e. The number of hydrogen-bond donors (Lipinski definition) is 0. The van der Waals surface area contributed by atoms with Crippen LogP contribution in [0, 0.1) is 0 Å². The third-order valence-corrected chi connectivity index (χ3v) is 10.7. The minimum atomic E-state index is 0.902. The van der Waals surface area contributed by atoms with Crippen LogP contribution in [0.5, 0.6) is 0 Å². The SMILES string of the molecule is c1ccc(-c2c3c(c(-c4ccccc4)c4ccccc24)-c2ccc(-c4cc(-c5ccc6ccc7cccnc7c6n5)ccn4)c4cccc-3c24)cc1. The zero-order valence-electron chi connectivity index (χ0n) is 28.1. The lowest BCUT2D eigenvalue weighted by Crippen LogP contribution is -1.93. The second-order valence-electron chi connectivity index (χ2n) is 13.5. The average Bonchev–Trinajstić information content (AvgIpc) is 3.55. The Kier molecular flexibility index (Phi) is 6.25. The number of rotatable bonds is 4. The molecule has 11 rings (SSSR count). The number of nitrogens with zero attached hydrogens (tertiary/aromatic N) is 3. The average molecular weight is 660 g/mol. The molecule has 0 radical (unpaired) electrons. The highest BCUT2D eigenvalue weighted by atomic mass is 14.8. The molecule has 1 aliphatic rings. The van der Waals surface area contributed by atoms with Crippen molar-refractivity contribution < 1.29 is 0 Å². The second-order valence-corrected chi connectivity index (χ2v) is 13.5. The molecule has 0 aliphatic heterocycles. The van der Waals surface area contributed by atoms with Gasteiger partial charge in [-0.3, -0.25) is 9.97 Å². The molecule has 0 N–H and O–H groups in total. The number of hydrogen-bond acceptors (Lipinski definition) is 3. The minimum Gasteiger partial charge on any atom is -0.256 e. The summed E-state index contributed by atoms with van der Waals surface area (Å²) >= 11 is 0. The summed E-state index contributed by atoms with van der Waals surface area (Å²) in [5.41, 5.74) is 15.9. The van der Waals surface area contributed by atoms with E-state index in [1.165, 1.54) is 66.1 Å². The van der Waals surface area contributed by atoms with Gasteiger partial charge in [0.25, 0.3) is 0 Å². The Morgan fingerprint density at radius 1 is 0.327 bits per heavy atom. The zero-order chi connectivity index (χ0) is 34.2. The fourth-order valence-corrected chi connectivity index (χ4v) is 8.45. The van der Waals surface area contributed by atoms with Crippen molar-refractivity contribution >= 4 is 43.4 Å². The summed E-state index contributed by atoms with van der Waals surface area (Å²) in [4.78, 5) is 14.8. The van der Waals surface area contributed by atoms with Gasteiger partial charge in [-0.1, -0.05) is 140 Å². The molecule has 52 heavy (non-hydrogen) atoms. The van der Waals surface area contributed by atoms with Gasteiger partial charge in [-0.05, 0) is 90.3 Å². The van der Waals surface area contributed by atoms with Gasteiger partial charge in [-0.15, -0.1) is 0 Å². The molecule has 0 fully saturated rings. The van der Waals surface area contributed by atoms with Gasteiger partial charge in [-0.2, -0.15) is 0 Å². The van der Waals surface area contributed by atoms with Crippen LogP contribution >= 0.6 is 0 Å². The van der Waals surface area contributed by atoms with Crippen LogP contribution in [0.2, 0.25) is 0 Å². The Balaban J connectivity index is 1.16. The second kappa shape index (κ2) is 11.3. The summed E-state index contributed by atoms with van der Waals surface area (Å²) in [6.07, 6.45) is 3.74. The summed E-state index contributed by atoms with van der Waals surface area (Å²) in [7, 11) is 0. The molecule has 10 aromatic rings. The molecule has 7 aromatic carbocycles. The van der Waals surface area contributed by atoms with Crippen molar-refractivity contribution in [1.82, 2.24) is 15.0 Å². The predicted octanol–water partition coefficient (Wildman–Crippen LogP) is 12.8. The van der Waals surface area contributed by atoms with Crippen LogP contribution in [0.3, 0.4) is 0 Å². The first-order valence-corrected chi connectivity index (χ1v) is 17.7. The summed E-state index contributed by atoms with van der Waals surface area (Å²) in [5.74, 6) is 0. The van der Waals surface area contributed by atoms with Crippen molar-refractivity contribution in [3.63, 3.8) is 0 Å². The van der Waals surface area contributed by atoms with Gasteiger partial charge in [0.15, 0.2) is 0 Å². The molecule has 3 heteroatoms. The fraction of sp³-hybridized carbons (Fsp3) is 0. The lowest BCUT2D eigenvalue weighted by molar-refractivity contribution is 1.31.